The molecule has 0 amide bonds. The van der Waals surface area contributed by atoms with E-state index in [1.807, 2.05) is 6.07 Å². The molecule has 158 valence electrons. The average molecular weight is 425 g/mol. The van der Waals surface area contributed by atoms with E-state index in [0.29, 0.717) is 5.92 Å². The van der Waals surface area contributed by atoms with E-state index in [2.05, 4.69) is 103 Å². The molecule has 2 heterocycles. The highest BCUT2D eigenvalue weighted by Crippen LogP contribution is 2.77. The summed E-state index contributed by atoms with van der Waals surface area (Å²) in [7, 11) is 0. The number of pyridine rings is 1. The van der Waals surface area contributed by atoms with Crippen molar-refractivity contribution in [2.24, 2.45) is 16.7 Å². The number of aryl methyl sites for hydroxylation is 1. The van der Waals surface area contributed by atoms with E-state index in [4.69, 9.17) is 4.98 Å². The van der Waals surface area contributed by atoms with Crippen LogP contribution in [0.3, 0.4) is 0 Å². The molecule has 33 heavy (non-hydrogen) atoms. The minimum absolute atomic E-state index is 0.171. The Hall–Kier alpha value is -3.65. The lowest BCUT2D eigenvalue weighted by Crippen LogP contribution is -2.61. The number of rotatable bonds is 2. The third kappa shape index (κ3) is 2.04. The van der Waals surface area contributed by atoms with Gasteiger partial charge in [0, 0.05) is 34.2 Å². The number of nitrogens with zero attached hydrogens (tertiary/aromatic N) is 2. The van der Waals surface area contributed by atoms with Crippen molar-refractivity contribution in [3.05, 3.63) is 125 Å². The van der Waals surface area contributed by atoms with E-state index in [1.165, 1.54) is 34.4 Å². The largest absolute Gasteiger partial charge is 0.304 e. The van der Waals surface area contributed by atoms with Gasteiger partial charge < -0.3 is 4.40 Å². The van der Waals surface area contributed by atoms with E-state index in [0.717, 1.165) is 17.8 Å². The van der Waals surface area contributed by atoms with Gasteiger partial charge in [-0.2, -0.15) is 0 Å². The third-order valence-corrected chi connectivity index (χ3v) is 8.77. The Morgan fingerprint density at radius 1 is 0.970 bits per heavy atom. The van der Waals surface area contributed by atoms with Crippen molar-refractivity contribution in [2.75, 3.05) is 0 Å². The highest BCUT2D eigenvalue weighted by atomic mass is 15.0. The number of benzene rings is 1. The van der Waals surface area contributed by atoms with E-state index in [9.17, 15) is 0 Å². The molecular formula is C31H24N2. The van der Waals surface area contributed by atoms with Crippen LogP contribution in [0.15, 0.2) is 114 Å². The zero-order valence-electron chi connectivity index (χ0n) is 18.6. The summed E-state index contributed by atoms with van der Waals surface area (Å²) in [4.78, 5) is 4.89. The molecule has 2 nitrogen and oxygen atoms in total. The molecule has 1 fully saturated rings. The topological polar surface area (TPSA) is 17.3 Å². The van der Waals surface area contributed by atoms with Crippen LogP contribution in [0.4, 0.5) is 0 Å². The summed E-state index contributed by atoms with van der Waals surface area (Å²) in [6, 6.07) is 15.2. The fourth-order valence-electron chi connectivity index (χ4n) is 7.41. The molecule has 0 saturated heterocycles. The van der Waals surface area contributed by atoms with Crippen LogP contribution in [0.5, 0.6) is 0 Å². The van der Waals surface area contributed by atoms with Crippen molar-refractivity contribution in [3.8, 4) is 11.3 Å². The van der Waals surface area contributed by atoms with Gasteiger partial charge in [-0.15, -0.1) is 0 Å². The molecule has 0 radical (unpaired) electrons. The van der Waals surface area contributed by atoms with E-state index in [-0.39, 0.29) is 10.8 Å². The van der Waals surface area contributed by atoms with Gasteiger partial charge in [-0.25, -0.2) is 4.98 Å². The average Bonchev–Trinajstić information content (AvgIpc) is 3.18. The van der Waals surface area contributed by atoms with Crippen molar-refractivity contribution >= 4 is 11.2 Å². The van der Waals surface area contributed by atoms with Gasteiger partial charge in [-0.05, 0) is 54.2 Å². The SMILES string of the molecule is Cc1c(-c2ccc(C3=CC=C4C=CC56C=CC=C7CC=C3C4(C5)C76)cc2)nc2ccccn12. The van der Waals surface area contributed by atoms with Crippen molar-refractivity contribution in [3.63, 3.8) is 0 Å². The molecule has 2 aromatic heterocycles. The van der Waals surface area contributed by atoms with Crippen LogP contribution in [-0.4, -0.2) is 9.38 Å². The summed E-state index contributed by atoms with van der Waals surface area (Å²) in [6.45, 7) is 2.15. The van der Waals surface area contributed by atoms with Crippen LogP contribution < -0.4 is 0 Å². The highest BCUT2D eigenvalue weighted by Gasteiger charge is 2.68. The number of fused-ring (bicyclic) bond motifs is 1. The molecule has 0 aliphatic heterocycles. The van der Waals surface area contributed by atoms with Gasteiger partial charge >= 0.3 is 0 Å². The second kappa shape index (κ2) is 5.82. The Morgan fingerprint density at radius 2 is 1.85 bits per heavy atom. The predicted molar refractivity (Wildman–Crippen MR) is 133 cm³/mol. The first-order valence-corrected chi connectivity index (χ1v) is 12.0. The third-order valence-electron chi connectivity index (χ3n) is 8.77. The Kier molecular flexibility index (Phi) is 3.15. The summed E-state index contributed by atoms with van der Waals surface area (Å²) >= 11 is 0. The minimum Gasteiger partial charge on any atom is -0.304 e. The lowest BCUT2D eigenvalue weighted by atomic mass is 9.33. The second-order valence-electron chi connectivity index (χ2n) is 10.2. The molecule has 9 rings (SSSR count). The Balaban J connectivity index is 1.22. The summed E-state index contributed by atoms with van der Waals surface area (Å²) in [5, 5.41) is 0. The standard InChI is InChI=1S/C31H24N2/c1-20-28(32-27-6-2-3-18-33(20)27)22-9-7-21(8-10-22)25-13-12-24-15-17-30-16-4-5-23-11-14-26(25)31(24,19-30)29(23)30/h2-10,12-18,29H,11,19H2,1H3. The number of aromatic nitrogens is 2. The quantitative estimate of drug-likeness (QED) is 0.432. The molecule has 3 aromatic rings. The van der Waals surface area contributed by atoms with E-state index >= 15 is 0 Å². The molecule has 3 atom stereocenters. The Morgan fingerprint density at radius 3 is 2.73 bits per heavy atom. The number of hydrogen-bond acceptors (Lipinski definition) is 1. The van der Waals surface area contributed by atoms with Crippen LogP contribution in [0, 0.1) is 23.7 Å². The number of imidazole rings is 1. The van der Waals surface area contributed by atoms with Gasteiger partial charge in [0.05, 0.1) is 5.69 Å². The summed E-state index contributed by atoms with van der Waals surface area (Å²) in [5.41, 5.74) is 12.2. The second-order valence-corrected chi connectivity index (χ2v) is 10.2. The van der Waals surface area contributed by atoms with Crippen LogP contribution in [0.1, 0.15) is 24.1 Å². The van der Waals surface area contributed by atoms with Crippen molar-refractivity contribution in [2.45, 2.75) is 19.8 Å². The first kappa shape index (κ1) is 17.9. The van der Waals surface area contributed by atoms with Gasteiger partial charge in [0.2, 0.25) is 0 Å². The molecular weight excluding hydrogens is 400 g/mol. The van der Waals surface area contributed by atoms with Crippen LogP contribution in [0.25, 0.3) is 22.5 Å². The first-order valence-electron chi connectivity index (χ1n) is 12.0. The minimum atomic E-state index is 0.171. The summed E-state index contributed by atoms with van der Waals surface area (Å²) < 4.78 is 2.16. The van der Waals surface area contributed by atoms with Gasteiger partial charge in [0.15, 0.2) is 0 Å². The van der Waals surface area contributed by atoms with Gasteiger partial charge in [0.25, 0.3) is 0 Å². The Labute approximate surface area is 193 Å². The normalized spacial score (nSPS) is 30.2. The predicted octanol–water partition coefficient (Wildman–Crippen LogP) is 7.02. The van der Waals surface area contributed by atoms with Crippen LogP contribution in [0.2, 0.25) is 0 Å². The fraction of sp³-hybridized carbons (Fsp3) is 0.194. The Bertz CT molecular complexity index is 1570. The smallest absolute Gasteiger partial charge is 0.137 e. The summed E-state index contributed by atoms with van der Waals surface area (Å²) in [5.74, 6) is 0.606. The summed E-state index contributed by atoms with van der Waals surface area (Å²) in [6.07, 6.45) is 23.6. The molecule has 3 unspecified atom stereocenters. The molecule has 1 saturated carbocycles. The maximum atomic E-state index is 4.89. The van der Waals surface area contributed by atoms with Gasteiger partial charge in [-0.3, -0.25) is 0 Å². The number of allylic oxidation sites excluding steroid dienone is 12. The molecule has 6 aliphatic rings. The van der Waals surface area contributed by atoms with Gasteiger partial charge in [0.1, 0.15) is 5.65 Å². The van der Waals surface area contributed by atoms with E-state index in [1.54, 1.807) is 11.1 Å². The molecule has 0 N–H and O–H groups in total. The molecule has 1 aromatic carbocycles. The molecule has 2 spiro atoms. The van der Waals surface area contributed by atoms with Crippen molar-refractivity contribution in [1.29, 1.82) is 0 Å². The van der Waals surface area contributed by atoms with Gasteiger partial charge in [-0.1, -0.05) is 84.5 Å². The molecule has 2 heteroatoms. The maximum Gasteiger partial charge on any atom is 0.137 e. The lowest BCUT2D eigenvalue weighted by Gasteiger charge is -2.69. The lowest BCUT2D eigenvalue weighted by molar-refractivity contribution is 0.0101. The van der Waals surface area contributed by atoms with Crippen LogP contribution >= 0.6 is 0 Å². The van der Waals surface area contributed by atoms with Crippen molar-refractivity contribution < 1.29 is 0 Å². The maximum absolute atomic E-state index is 4.89. The zero-order valence-corrected chi connectivity index (χ0v) is 18.6. The highest BCUT2D eigenvalue weighted by molar-refractivity contribution is 5.88. The monoisotopic (exact) mass is 424 g/mol. The van der Waals surface area contributed by atoms with Crippen molar-refractivity contribution in [1.82, 2.24) is 9.38 Å². The van der Waals surface area contributed by atoms with E-state index < -0.39 is 0 Å². The first-order chi connectivity index (χ1) is 16.2. The number of hydrogen-bond donors (Lipinski definition) is 0. The molecule has 2 bridgehead atoms. The zero-order chi connectivity index (χ0) is 21.8. The molecule has 6 aliphatic carbocycles. The fourth-order valence-corrected chi connectivity index (χ4v) is 7.41. The van der Waals surface area contributed by atoms with Crippen LogP contribution in [-0.2, 0) is 0 Å².